The number of carbonyl (C=O) groups excluding carboxylic acids is 1. The Kier molecular flexibility index (Phi) is 5.42. The van der Waals surface area contributed by atoms with Crippen molar-refractivity contribution in [3.05, 3.63) is 77.1 Å². The normalized spacial score (nSPS) is 12.6. The summed E-state index contributed by atoms with van der Waals surface area (Å²) < 4.78 is 1.98. The number of carbonyl (C=O) groups is 1. The van der Waals surface area contributed by atoms with Crippen LogP contribution in [0, 0.1) is 6.92 Å². The van der Waals surface area contributed by atoms with Crippen LogP contribution in [0.15, 0.2) is 54.6 Å². The highest BCUT2D eigenvalue weighted by molar-refractivity contribution is 5.94. The van der Waals surface area contributed by atoms with Crippen LogP contribution in [0.1, 0.15) is 40.2 Å². The van der Waals surface area contributed by atoms with Crippen LogP contribution >= 0.6 is 0 Å². The molecule has 1 heterocycles. The zero-order valence-electron chi connectivity index (χ0n) is 16.2. The minimum Gasteiger partial charge on any atom is -0.385 e. The van der Waals surface area contributed by atoms with Crippen LogP contribution in [0.25, 0.3) is 5.69 Å². The quantitative estimate of drug-likeness (QED) is 0.617. The molecule has 1 aromatic heterocycles. The van der Waals surface area contributed by atoms with Crippen molar-refractivity contribution in [2.24, 2.45) is 0 Å². The van der Waals surface area contributed by atoms with Gasteiger partial charge in [0.05, 0.1) is 5.69 Å². The van der Waals surface area contributed by atoms with Crippen LogP contribution in [-0.4, -0.2) is 28.8 Å². The Morgan fingerprint density at radius 2 is 1.82 bits per heavy atom. The number of amides is 1. The third kappa shape index (κ3) is 3.79. The molecule has 2 N–H and O–H groups in total. The number of nitrogens with one attached hydrogen (secondary N) is 2. The van der Waals surface area contributed by atoms with E-state index in [0.29, 0.717) is 12.2 Å². The third-order valence-electron chi connectivity index (χ3n) is 5.23. The van der Waals surface area contributed by atoms with Crippen molar-refractivity contribution in [1.29, 1.82) is 0 Å². The van der Waals surface area contributed by atoms with Gasteiger partial charge < -0.3 is 10.6 Å². The highest BCUT2D eigenvalue weighted by Crippen LogP contribution is 2.28. The molecule has 1 aliphatic rings. The van der Waals surface area contributed by atoms with Crippen LogP contribution < -0.4 is 10.6 Å². The van der Waals surface area contributed by atoms with Crippen LogP contribution in [0.3, 0.4) is 0 Å². The third-order valence-corrected chi connectivity index (χ3v) is 5.23. The number of nitrogens with zero attached hydrogens (tertiary/aromatic N) is 2. The van der Waals surface area contributed by atoms with E-state index >= 15 is 0 Å². The first kappa shape index (κ1) is 18.3. The van der Waals surface area contributed by atoms with Gasteiger partial charge in [0.25, 0.3) is 5.91 Å². The standard InChI is InChI=1S/C23H26N4O/c1-17-9-5-6-13-20(17)27-21-14-7-12-19(21)22(26-27)23(28)25-16-8-15-24-18-10-3-2-4-11-18/h2-6,9-11,13,24H,7-8,12,14-16H2,1H3,(H,25,28). The molecule has 0 fully saturated rings. The summed E-state index contributed by atoms with van der Waals surface area (Å²) in [5, 5.41) is 11.1. The van der Waals surface area contributed by atoms with Gasteiger partial charge >= 0.3 is 0 Å². The van der Waals surface area contributed by atoms with Crippen molar-refractivity contribution >= 4 is 11.6 Å². The van der Waals surface area contributed by atoms with Crippen molar-refractivity contribution in [3.63, 3.8) is 0 Å². The number of anilines is 1. The van der Waals surface area contributed by atoms with Gasteiger partial charge in [-0.05, 0) is 56.4 Å². The lowest BCUT2D eigenvalue weighted by Crippen LogP contribution is -2.27. The van der Waals surface area contributed by atoms with E-state index in [2.05, 4.69) is 29.7 Å². The zero-order valence-corrected chi connectivity index (χ0v) is 16.2. The molecule has 3 aromatic rings. The van der Waals surface area contributed by atoms with Crippen molar-refractivity contribution in [1.82, 2.24) is 15.1 Å². The molecule has 0 spiro atoms. The van der Waals surface area contributed by atoms with E-state index in [4.69, 9.17) is 5.10 Å². The molecule has 1 aliphatic carbocycles. The number of aryl methyl sites for hydroxylation is 1. The number of fused-ring (bicyclic) bond motifs is 1. The van der Waals surface area contributed by atoms with Gasteiger partial charge in [-0.3, -0.25) is 4.79 Å². The molecule has 5 nitrogen and oxygen atoms in total. The molecule has 1 amide bonds. The number of benzene rings is 2. The van der Waals surface area contributed by atoms with Gasteiger partial charge in [0.2, 0.25) is 0 Å². The van der Waals surface area contributed by atoms with Crippen molar-refractivity contribution in [2.75, 3.05) is 18.4 Å². The summed E-state index contributed by atoms with van der Waals surface area (Å²) in [6.45, 7) is 3.53. The molecule has 0 radical (unpaired) electrons. The van der Waals surface area contributed by atoms with Crippen LogP contribution in [0.5, 0.6) is 0 Å². The Balaban J connectivity index is 1.40. The minimum atomic E-state index is -0.0646. The second kappa shape index (κ2) is 8.30. The van der Waals surface area contributed by atoms with E-state index in [1.807, 2.05) is 47.1 Å². The maximum Gasteiger partial charge on any atom is 0.272 e. The molecule has 0 aliphatic heterocycles. The van der Waals surface area contributed by atoms with E-state index in [9.17, 15) is 4.79 Å². The average molecular weight is 374 g/mol. The molecule has 144 valence electrons. The fourth-order valence-electron chi connectivity index (χ4n) is 3.78. The smallest absolute Gasteiger partial charge is 0.272 e. The predicted octanol–water partition coefficient (Wildman–Crippen LogP) is 3.90. The summed E-state index contributed by atoms with van der Waals surface area (Å²) in [6, 6.07) is 18.3. The lowest BCUT2D eigenvalue weighted by Gasteiger charge is -2.08. The van der Waals surface area contributed by atoms with Crippen molar-refractivity contribution in [3.8, 4) is 5.69 Å². The first-order valence-electron chi connectivity index (χ1n) is 9.98. The number of hydrogen-bond donors (Lipinski definition) is 2. The predicted molar refractivity (Wildman–Crippen MR) is 112 cm³/mol. The molecule has 0 saturated heterocycles. The SMILES string of the molecule is Cc1ccccc1-n1nc(C(=O)NCCCNc2ccccc2)c2c1CCC2. The van der Waals surface area contributed by atoms with Crippen molar-refractivity contribution in [2.45, 2.75) is 32.6 Å². The van der Waals surface area contributed by atoms with Gasteiger partial charge in [0, 0.05) is 30.0 Å². The van der Waals surface area contributed by atoms with Gasteiger partial charge in [0.15, 0.2) is 5.69 Å². The Labute approximate surface area is 165 Å². The molecule has 2 aromatic carbocycles. The second-order valence-corrected chi connectivity index (χ2v) is 7.23. The van der Waals surface area contributed by atoms with E-state index in [1.165, 1.54) is 11.3 Å². The summed E-state index contributed by atoms with van der Waals surface area (Å²) in [4.78, 5) is 12.8. The first-order valence-corrected chi connectivity index (χ1v) is 9.98. The molecule has 0 saturated carbocycles. The zero-order chi connectivity index (χ0) is 19.3. The summed E-state index contributed by atoms with van der Waals surface area (Å²) >= 11 is 0. The first-order chi connectivity index (χ1) is 13.7. The van der Waals surface area contributed by atoms with Crippen LogP contribution in [0.2, 0.25) is 0 Å². The molecule has 0 atom stereocenters. The number of hydrogen-bond acceptors (Lipinski definition) is 3. The largest absolute Gasteiger partial charge is 0.385 e. The number of para-hydroxylation sites is 2. The Morgan fingerprint density at radius 3 is 2.64 bits per heavy atom. The van der Waals surface area contributed by atoms with Crippen LogP contribution in [-0.2, 0) is 12.8 Å². The maximum atomic E-state index is 12.8. The van der Waals surface area contributed by atoms with Gasteiger partial charge in [-0.25, -0.2) is 4.68 Å². The molecule has 0 unspecified atom stereocenters. The van der Waals surface area contributed by atoms with Crippen LogP contribution in [0.4, 0.5) is 5.69 Å². The summed E-state index contributed by atoms with van der Waals surface area (Å²) in [5.74, 6) is -0.0646. The maximum absolute atomic E-state index is 12.8. The molecular weight excluding hydrogens is 348 g/mol. The highest BCUT2D eigenvalue weighted by atomic mass is 16.1. The van der Waals surface area contributed by atoms with E-state index < -0.39 is 0 Å². The summed E-state index contributed by atoms with van der Waals surface area (Å²) in [6.07, 6.45) is 3.85. The van der Waals surface area contributed by atoms with E-state index in [-0.39, 0.29) is 5.91 Å². The van der Waals surface area contributed by atoms with Gasteiger partial charge in [0.1, 0.15) is 0 Å². The second-order valence-electron chi connectivity index (χ2n) is 7.23. The van der Waals surface area contributed by atoms with Gasteiger partial charge in [-0.2, -0.15) is 5.10 Å². The van der Waals surface area contributed by atoms with Gasteiger partial charge in [-0.15, -0.1) is 0 Å². The molecule has 0 bridgehead atoms. The van der Waals surface area contributed by atoms with E-state index in [1.54, 1.807) is 0 Å². The minimum absolute atomic E-state index is 0.0646. The summed E-state index contributed by atoms with van der Waals surface area (Å²) in [5.41, 5.74) is 6.22. The number of aromatic nitrogens is 2. The Bertz CT molecular complexity index is 962. The molecule has 5 heteroatoms. The Morgan fingerprint density at radius 1 is 1.04 bits per heavy atom. The topological polar surface area (TPSA) is 59.0 Å². The van der Waals surface area contributed by atoms with Gasteiger partial charge in [-0.1, -0.05) is 36.4 Å². The molecular formula is C23H26N4O. The summed E-state index contributed by atoms with van der Waals surface area (Å²) in [7, 11) is 0. The lowest BCUT2D eigenvalue weighted by atomic mass is 10.2. The molecule has 4 rings (SSSR count). The highest BCUT2D eigenvalue weighted by Gasteiger charge is 2.27. The number of rotatable bonds is 7. The Hall–Kier alpha value is -3.08. The monoisotopic (exact) mass is 374 g/mol. The lowest BCUT2D eigenvalue weighted by molar-refractivity contribution is 0.0947. The fourth-order valence-corrected chi connectivity index (χ4v) is 3.78. The van der Waals surface area contributed by atoms with Crippen molar-refractivity contribution < 1.29 is 4.79 Å². The molecule has 28 heavy (non-hydrogen) atoms. The van der Waals surface area contributed by atoms with E-state index in [0.717, 1.165) is 49.2 Å². The average Bonchev–Trinajstić information content (AvgIpc) is 3.32. The fraction of sp³-hybridized carbons (Fsp3) is 0.304.